The maximum atomic E-state index is 12.5. The highest BCUT2D eigenvalue weighted by molar-refractivity contribution is 5.98. The molecule has 1 saturated heterocycles. The number of aromatic nitrogens is 1. The van der Waals surface area contributed by atoms with Crippen LogP contribution in [0.5, 0.6) is 0 Å². The zero-order valence-electron chi connectivity index (χ0n) is 15.5. The number of nitrogens with one attached hydrogen (secondary N) is 1. The second-order valence-electron chi connectivity index (χ2n) is 7.35. The topological polar surface area (TPSA) is 45.2 Å². The van der Waals surface area contributed by atoms with Crippen molar-refractivity contribution in [2.45, 2.75) is 19.4 Å². The van der Waals surface area contributed by atoms with Crippen LogP contribution in [0.2, 0.25) is 0 Å². The lowest BCUT2D eigenvalue weighted by atomic mass is 9.96. The predicted molar refractivity (Wildman–Crippen MR) is 109 cm³/mol. The van der Waals surface area contributed by atoms with Gasteiger partial charge in [-0.2, -0.15) is 0 Å². The molecule has 0 unspecified atom stereocenters. The highest BCUT2D eigenvalue weighted by Crippen LogP contribution is 2.19. The lowest BCUT2D eigenvalue weighted by Gasteiger charge is -2.32. The van der Waals surface area contributed by atoms with Gasteiger partial charge in [0.2, 0.25) is 0 Å². The number of fused-ring (bicyclic) bond motifs is 1. The van der Waals surface area contributed by atoms with E-state index < -0.39 is 0 Å². The van der Waals surface area contributed by atoms with Crippen molar-refractivity contribution in [1.82, 2.24) is 15.2 Å². The molecule has 4 heteroatoms. The van der Waals surface area contributed by atoms with E-state index in [2.05, 4.69) is 33.4 Å². The van der Waals surface area contributed by atoms with Crippen LogP contribution < -0.4 is 5.32 Å². The van der Waals surface area contributed by atoms with Crippen LogP contribution in [0.3, 0.4) is 0 Å². The van der Waals surface area contributed by atoms with Crippen LogP contribution >= 0.6 is 0 Å². The average Bonchev–Trinajstić information content (AvgIpc) is 2.73. The van der Waals surface area contributed by atoms with E-state index in [1.165, 1.54) is 5.56 Å². The standard InChI is InChI=1S/C23H25N3O/c27-23(22-6-5-20-3-1-2-4-21(20)15-22)25-16-18-9-13-26(14-10-18)17-19-7-11-24-12-8-19/h1-8,11-12,15,18H,9-10,13-14,16-17H2,(H,25,27). The summed E-state index contributed by atoms with van der Waals surface area (Å²) in [7, 11) is 0. The Bertz CT molecular complexity index is 902. The molecule has 1 aliphatic rings. The van der Waals surface area contributed by atoms with Crippen LogP contribution in [0.4, 0.5) is 0 Å². The fraction of sp³-hybridized carbons (Fsp3) is 0.304. The molecule has 1 aliphatic heterocycles. The normalized spacial score (nSPS) is 15.7. The molecule has 0 radical (unpaired) electrons. The number of carbonyl (C=O) groups is 1. The molecule has 4 rings (SSSR count). The summed E-state index contributed by atoms with van der Waals surface area (Å²) in [6.45, 7) is 3.91. The van der Waals surface area contributed by atoms with Gasteiger partial charge < -0.3 is 5.32 Å². The Morgan fingerprint density at radius 2 is 1.74 bits per heavy atom. The predicted octanol–water partition coefficient (Wildman–Crippen LogP) is 3.88. The Hall–Kier alpha value is -2.72. The molecule has 0 atom stereocenters. The van der Waals surface area contributed by atoms with E-state index in [-0.39, 0.29) is 5.91 Å². The largest absolute Gasteiger partial charge is 0.352 e. The number of benzene rings is 2. The van der Waals surface area contributed by atoms with Gasteiger partial charge in [0.25, 0.3) is 5.91 Å². The maximum absolute atomic E-state index is 12.5. The molecule has 3 aromatic rings. The first-order valence-electron chi connectivity index (χ1n) is 9.66. The minimum Gasteiger partial charge on any atom is -0.352 e. The number of pyridine rings is 1. The molecule has 27 heavy (non-hydrogen) atoms. The first kappa shape index (κ1) is 17.7. The summed E-state index contributed by atoms with van der Waals surface area (Å²) in [5, 5.41) is 5.40. The summed E-state index contributed by atoms with van der Waals surface area (Å²) in [6, 6.07) is 18.2. The zero-order valence-corrected chi connectivity index (χ0v) is 15.5. The van der Waals surface area contributed by atoms with Crippen molar-refractivity contribution in [2.24, 2.45) is 5.92 Å². The van der Waals surface area contributed by atoms with Crippen LogP contribution in [0.25, 0.3) is 10.8 Å². The summed E-state index contributed by atoms with van der Waals surface area (Å²) in [4.78, 5) is 19.1. The second-order valence-corrected chi connectivity index (χ2v) is 7.35. The van der Waals surface area contributed by atoms with Crippen LogP contribution in [-0.4, -0.2) is 35.4 Å². The fourth-order valence-electron chi connectivity index (χ4n) is 3.76. The van der Waals surface area contributed by atoms with Gasteiger partial charge in [-0.05, 0) is 72.5 Å². The molecular weight excluding hydrogens is 334 g/mol. The van der Waals surface area contributed by atoms with Gasteiger partial charge in [0, 0.05) is 31.0 Å². The van der Waals surface area contributed by atoms with E-state index >= 15 is 0 Å². The Morgan fingerprint density at radius 1 is 1.00 bits per heavy atom. The fourth-order valence-corrected chi connectivity index (χ4v) is 3.76. The summed E-state index contributed by atoms with van der Waals surface area (Å²) >= 11 is 0. The quantitative estimate of drug-likeness (QED) is 0.752. The molecule has 1 N–H and O–H groups in total. The van der Waals surface area contributed by atoms with Gasteiger partial charge in [-0.1, -0.05) is 30.3 Å². The van der Waals surface area contributed by atoms with Gasteiger partial charge in [-0.15, -0.1) is 0 Å². The van der Waals surface area contributed by atoms with Gasteiger partial charge in [0.05, 0.1) is 0 Å². The average molecular weight is 359 g/mol. The Morgan fingerprint density at radius 3 is 2.52 bits per heavy atom. The van der Waals surface area contributed by atoms with Crippen molar-refractivity contribution in [3.05, 3.63) is 78.1 Å². The molecule has 1 fully saturated rings. The number of piperidine rings is 1. The number of nitrogens with zero attached hydrogens (tertiary/aromatic N) is 2. The molecule has 0 saturated carbocycles. The van der Waals surface area contributed by atoms with E-state index in [1.54, 1.807) is 0 Å². The molecule has 0 spiro atoms. The molecule has 1 aromatic heterocycles. The van der Waals surface area contributed by atoms with Crippen molar-refractivity contribution < 1.29 is 4.79 Å². The number of amides is 1. The molecule has 1 amide bonds. The van der Waals surface area contributed by atoms with Gasteiger partial charge in [0.15, 0.2) is 0 Å². The molecule has 2 aromatic carbocycles. The number of carbonyl (C=O) groups excluding carboxylic acids is 1. The van der Waals surface area contributed by atoms with Crippen molar-refractivity contribution in [3.63, 3.8) is 0 Å². The summed E-state index contributed by atoms with van der Waals surface area (Å²) < 4.78 is 0. The maximum Gasteiger partial charge on any atom is 0.251 e. The third-order valence-corrected chi connectivity index (χ3v) is 5.43. The summed E-state index contributed by atoms with van der Waals surface area (Å²) in [6.07, 6.45) is 5.96. The number of hydrogen-bond donors (Lipinski definition) is 1. The second kappa shape index (κ2) is 8.31. The molecule has 0 aliphatic carbocycles. The first-order valence-corrected chi connectivity index (χ1v) is 9.66. The van der Waals surface area contributed by atoms with Crippen LogP contribution in [0.15, 0.2) is 67.0 Å². The van der Waals surface area contributed by atoms with Gasteiger partial charge in [0.1, 0.15) is 0 Å². The summed E-state index contributed by atoms with van der Waals surface area (Å²) in [5.74, 6) is 0.586. The number of hydrogen-bond acceptors (Lipinski definition) is 3. The number of likely N-dealkylation sites (tertiary alicyclic amines) is 1. The van der Waals surface area contributed by atoms with Gasteiger partial charge >= 0.3 is 0 Å². The Labute approximate surface area is 160 Å². The van der Waals surface area contributed by atoms with Crippen molar-refractivity contribution in [1.29, 1.82) is 0 Å². The smallest absolute Gasteiger partial charge is 0.251 e. The highest BCUT2D eigenvalue weighted by atomic mass is 16.1. The van der Waals surface area contributed by atoms with Gasteiger partial charge in [-0.25, -0.2) is 0 Å². The monoisotopic (exact) mass is 359 g/mol. The molecule has 0 bridgehead atoms. The van der Waals surface area contributed by atoms with Crippen LogP contribution in [0.1, 0.15) is 28.8 Å². The van der Waals surface area contributed by atoms with E-state index in [9.17, 15) is 4.79 Å². The lowest BCUT2D eigenvalue weighted by Crippen LogP contribution is -2.38. The molecule has 4 nitrogen and oxygen atoms in total. The molecule has 138 valence electrons. The van der Waals surface area contributed by atoms with E-state index in [0.717, 1.165) is 55.4 Å². The molecule has 2 heterocycles. The van der Waals surface area contributed by atoms with Gasteiger partial charge in [-0.3, -0.25) is 14.7 Å². The van der Waals surface area contributed by atoms with Crippen molar-refractivity contribution in [2.75, 3.05) is 19.6 Å². The van der Waals surface area contributed by atoms with Crippen LogP contribution in [-0.2, 0) is 6.54 Å². The highest BCUT2D eigenvalue weighted by Gasteiger charge is 2.20. The Balaban J connectivity index is 1.26. The first-order chi connectivity index (χ1) is 13.3. The van der Waals surface area contributed by atoms with E-state index in [1.807, 2.05) is 48.8 Å². The number of rotatable bonds is 5. The lowest BCUT2D eigenvalue weighted by molar-refractivity contribution is 0.0935. The van der Waals surface area contributed by atoms with E-state index in [4.69, 9.17) is 0 Å². The summed E-state index contributed by atoms with van der Waals surface area (Å²) in [5.41, 5.74) is 2.05. The zero-order chi connectivity index (χ0) is 18.5. The minimum atomic E-state index is 0.0277. The van der Waals surface area contributed by atoms with Crippen molar-refractivity contribution in [3.8, 4) is 0 Å². The third-order valence-electron chi connectivity index (χ3n) is 5.43. The Kier molecular flexibility index (Phi) is 5.45. The molecular formula is C23H25N3O. The van der Waals surface area contributed by atoms with Crippen LogP contribution in [0, 0.1) is 5.92 Å². The van der Waals surface area contributed by atoms with E-state index in [0.29, 0.717) is 5.92 Å². The van der Waals surface area contributed by atoms with Crippen molar-refractivity contribution >= 4 is 16.7 Å². The SMILES string of the molecule is O=C(NCC1CCN(Cc2ccncc2)CC1)c1ccc2ccccc2c1. The third kappa shape index (κ3) is 4.52. The minimum absolute atomic E-state index is 0.0277.